The molecule has 134 valence electrons. The van der Waals surface area contributed by atoms with Crippen LogP contribution in [0.3, 0.4) is 0 Å². The highest BCUT2D eigenvalue weighted by Crippen LogP contribution is 2.49. The summed E-state index contributed by atoms with van der Waals surface area (Å²) in [6.45, 7) is 0. The summed E-state index contributed by atoms with van der Waals surface area (Å²) in [5.41, 5.74) is 6.94. The van der Waals surface area contributed by atoms with Crippen LogP contribution in [0.15, 0.2) is 0 Å². The Labute approximate surface area is 149 Å². The monoisotopic (exact) mass is 362 g/mol. The zero-order valence-corrected chi connectivity index (χ0v) is 14.7. The van der Waals surface area contributed by atoms with Crippen molar-refractivity contribution in [3.05, 3.63) is 16.0 Å². The normalized spacial score (nSPS) is 30.1. The average molecular weight is 362 g/mol. The summed E-state index contributed by atoms with van der Waals surface area (Å²) in [4.78, 5) is 37.7. The van der Waals surface area contributed by atoms with Crippen molar-refractivity contribution in [3.63, 3.8) is 0 Å². The number of fused-ring (bicyclic) bond motifs is 4. The van der Waals surface area contributed by atoms with E-state index in [0.29, 0.717) is 10.6 Å². The molecule has 2 amide bonds. The van der Waals surface area contributed by atoms with Gasteiger partial charge in [0.25, 0.3) is 5.91 Å². The molecule has 0 radical (unpaired) electrons. The van der Waals surface area contributed by atoms with Gasteiger partial charge in [-0.1, -0.05) is 0 Å². The number of primary amides is 1. The minimum absolute atomic E-state index is 0.0854. The molecule has 7 heteroatoms. The number of thiophene rings is 1. The Morgan fingerprint density at radius 1 is 1.04 bits per heavy atom. The molecule has 3 fully saturated rings. The van der Waals surface area contributed by atoms with Gasteiger partial charge in [-0.25, -0.2) is 0 Å². The van der Waals surface area contributed by atoms with Crippen LogP contribution in [0.2, 0.25) is 0 Å². The maximum atomic E-state index is 13.0. The Morgan fingerprint density at radius 2 is 1.68 bits per heavy atom. The lowest BCUT2D eigenvalue weighted by Gasteiger charge is -2.45. The summed E-state index contributed by atoms with van der Waals surface area (Å²) in [6.07, 6.45) is 6.33. The van der Waals surface area contributed by atoms with E-state index in [0.717, 1.165) is 55.4 Å². The number of carbonyl (C=O) groups excluding carboxylic acids is 2. The number of aliphatic carboxylic acids is 1. The summed E-state index contributed by atoms with van der Waals surface area (Å²) in [7, 11) is 0. The predicted molar refractivity (Wildman–Crippen MR) is 93.6 cm³/mol. The number of rotatable bonds is 4. The van der Waals surface area contributed by atoms with Crippen LogP contribution in [0.1, 0.15) is 52.9 Å². The van der Waals surface area contributed by atoms with Crippen molar-refractivity contribution in [2.75, 3.05) is 5.32 Å². The van der Waals surface area contributed by atoms with Gasteiger partial charge in [-0.15, -0.1) is 11.3 Å². The Kier molecular flexibility index (Phi) is 4.06. The fraction of sp³-hybridized carbons (Fsp3) is 0.611. The van der Waals surface area contributed by atoms with Crippen molar-refractivity contribution in [3.8, 4) is 0 Å². The first-order valence-electron chi connectivity index (χ1n) is 8.95. The molecular formula is C18H22N2O4S. The summed E-state index contributed by atoms with van der Waals surface area (Å²) >= 11 is 1.42. The summed E-state index contributed by atoms with van der Waals surface area (Å²) < 4.78 is 0. The number of nitrogens with two attached hydrogens (primary N) is 1. The van der Waals surface area contributed by atoms with E-state index >= 15 is 0 Å². The van der Waals surface area contributed by atoms with Crippen LogP contribution in [0.4, 0.5) is 5.00 Å². The molecule has 0 aliphatic heterocycles. The third-order valence-electron chi connectivity index (χ3n) is 6.21. The first-order chi connectivity index (χ1) is 12.0. The number of aryl methyl sites for hydroxylation is 1. The summed E-state index contributed by atoms with van der Waals surface area (Å²) in [6, 6.07) is 0. The fourth-order valence-corrected chi connectivity index (χ4v) is 6.43. The van der Waals surface area contributed by atoms with Crippen LogP contribution >= 0.6 is 11.3 Å². The van der Waals surface area contributed by atoms with E-state index in [2.05, 4.69) is 5.32 Å². The SMILES string of the molecule is NC(=O)c1c(NC(=O)[C@H]2C3CCC(CC3)[C@@H]2C(=O)O)sc2c1CCC2. The van der Waals surface area contributed by atoms with Crippen LogP contribution in [0.5, 0.6) is 0 Å². The largest absolute Gasteiger partial charge is 0.481 e. The average Bonchev–Trinajstić information content (AvgIpc) is 3.14. The maximum absolute atomic E-state index is 13.0. The molecule has 4 aliphatic carbocycles. The molecule has 0 unspecified atom stereocenters. The van der Waals surface area contributed by atoms with E-state index in [9.17, 15) is 19.5 Å². The molecule has 0 aromatic carbocycles. The zero-order valence-electron chi connectivity index (χ0n) is 13.9. The van der Waals surface area contributed by atoms with Crippen LogP contribution in [0, 0.1) is 23.7 Å². The lowest BCUT2D eigenvalue weighted by Crippen LogP contribution is -2.49. The van der Waals surface area contributed by atoms with Crippen LogP contribution < -0.4 is 11.1 Å². The predicted octanol–water partition coefficient (Wildman–Crippen LogP) is 2.41. The van der Waals surface area contributed by atoms with Gasteiger partial charge in [0.15, 0.2) is 0 Å². The van der Waals surface area contributed by atoms with Crippen LogP contribution in [0.25, 0.3) is 0 Å². The Hall–Kier alpha value is -1.89. The number of anilines is 1. The highest BCUT2D eigenvalue weighted by Gasteiger charge is 2.50. The Balaban J connectivity index is 1.62. The Morgan fingerprint density at radius 3 is 2.28 bits per heavy atom. The van der Waals surface area contributed by atoms with Crippen LogP contribution in [-0.4, -0.2) is 22.9 Å². The van der Waals surface area contributed by atoms with E-state index in [1.165, 1.54) is 11.3 Å². The number of carboxylic acids is 1. The van der Waals surface area contributed by atoms with Crippen molar-refractivity contribution in [2.24, 2.45) is 29.4 Å². The zero-order chi connectivity index (χ0) is 17.7. The summed E-state index contributed by atoms with van der Waals surface area (Å²) in [5.74, 6) is -2.58. The van der Waals surface area contributed by atoms with E-state index < -0.39 is 23.7 Å². The van der Waals surface area contributed by atoms with Gasteiger partial charge in [-0.05, 0) is 62.3 Å². The molecular weight excluding hydrogens is 340 g/mol. The van der Waals surface area contributed by atoms with Gasteiger partial charge in [0.2, 0.25) is 5.91 Å². The standard InChI is InChI=1S/C18H22N2O4S/c19-15(21)14-10-2-1-3-11(10)25-17(14)20-16(22)12-8-4-6-9(7-5-8)13(12)18(23)24/h8-9,12-13H,1-7H2,(H2,19,21)(H,20,22)(H,23,24)/t8?,9?,12-,13-/m0/s1. The Bertz CT molecular complexity index is 749. The molecule has 25 heavy (non-hydrogen) atoms. The van der Waals surface area contributed by atoms with E-state index in [1.807, 2.05) is 0 Å². The lowest BCUT2D eigenvalue weighted by molar-refractivity contribution is -0.156. The van der Waals surface area contributed by atoms with Gasteiger partial charge in [-0.2, -0.15) is 0 Å². The topological polar surface area (TPSA) is 109 Å². The van der Waals surface area contributed by atoms with Gasteiger partial charge in [0, 0.05) is 4.88 Å². The molecule has 5 rings (SSSR count). The van der Waals surface area contributed by atoms with Gasteiger partial charge < -0.3 is 16.2 Å². The second-order valence-corrected chi connectivity index (χ2v) is 8.58. The molecule has 2 bridgehead atoms. The van der Waals surface area contributed by atoms with Crippen molar-refractivity contribution in [2.45, 2.75) is 44.9 Å². The number of hydrogen-bond acceptors (Lipinski definition) is 4. The number of hydrogen-bond donors (Lipinski definition) is 3. The minimum Gasteiger partial charge on any atom is -0.481 e. The molecule has 2 atom stereocenters. The molecule has 6 nitrogen and oxygen atoms in total. The van der Waals surface area contributed by atoms with Gasteiger partial charge in [0.05, 0.1) is 17.4 Å². The third kappa shape index (κ3) is 2.65. The first-order valence-corrected chi connectivity index (χ1v) is 9.77. The van der Waals surface area contributed by atoms with Gasteiger partial charge in [0.1, 0.15) is 5.00 Å². The molecule has 1 heterocycles. The quantitative estimate of drug-likeness (QED) is 0.764. The lowest BCUT2D eigenvalue weighted by atomic mass is 9.58. The van der Waals surface area contributed by atoms with Crippen molar-refractivity contribution >= 4 is 34.1 Å². The first kappa shape index (κ1) is 16.6. The molecule has 0 saturated heterocycles. The van der Waals surface area contributed by atoms with Crippen molar-refractivity contribution in [1.82, 2.24) is 0 Å². The van der Waals surface area contributed by atoms with Gasteiger partial charge in [-0.3, -0.25) is 14.4 Å². The molecule has 4 N–H and O–H groups in total. The molecule has 1 aromatic rings. The number of amides is 2. The second-order valence-electron chi connectivity index (χ2n) is 7.48. The number of carboxylic acid groups (broad SMARTS) is 1. The van der Waals surface area contributed by atoms with E-state index in [1.54, 1.807) is 0 Å². The highest BCUT2D eigenvalue weighted by molar-refractivity contribution is 7.17. The van der Waals surface area contributed by atoms with Crippen LogP contribution in [-0.2, 0) is 22.4 Å². The minimum atomic E-state index is -0.877. The van der Waals surface area contributed by atoms with Crippen molar-refractivity contribution in [1.29, 1.82) is 0 Å². The van der Waals surface area contributed by atoms with E-state index in [-0.39, 0.29) is 17.7 Å². The van der Waals surface area contributed by atoms with E-state index in [4.69, 9.17) is 5.73 Å². The highest BCUT2D eigenvalue weighted by atomic mass is 32.1. The van der Waals surface area contributed by atoms with Gasteiger partial charge >= 0.3 is 5.97 Å². The third-order valence-corrected chi connectivity index (χ3v) is 7.42. The number of carbonyl (C=O) groups is 3. The second kappa shape index (κ2) is 6.12. The summed E-state index contributed by atoms with van der Waals surface area (Å²) in [5, 5.41) is 13.0. The molecule has 1 aromatic heterocycles. The number of nitrogens with one attached hydrogen (secondary N) is 1. The molecule has 0 spiro atoms. The fourth-order valence-electron chi connectivity index (χ4n) is 5.13. The van der Waals surface area contributed by atoms with Crippen molar-refractivity contribution < 1.29 is 19.5 Å². The molecule has 4 aliphatic rings. The maximum Gasteiger partial charge on any atom is 0.307 e. The molecule has 3 saturated carbocycles. The smallest absolute Gasteiger partial charge is 0.307 e.